The normalized spacial score (nSPS) is 13.4. The Morgan fingerprint density at radius 1 is 0.739 bits per heavy atom. The second-order valence-corrected chi connectivity index (χ2v) is 6.34. The maximum atomic E-state index is 11.9. The second kappa shape index (κ2) is 14.5. The van der Waals surface area contributed by atoms with Crippen LogP contribution in [0.2, 0.25) is 0 Å². The number of rotatable bonds is 14. The van der Waals surface area contributed by atoms with Crippen LogP contribution < -0.4 is 0 Å². The molecular formula is C19H36O4. The summed E-state index contributed by atoms with van der Waals surface area (Å²) in [5.41, 5.74) is 0. The van der Waals surface area contributed by atoms with Gasteiger partial charge in [-0.2, -0.15) is 0 Å². The summed E-state index contributed by atoms with van der Waals surface area (Å²) in [7, 11) is 0. The summed E-state index contributed by atoms with van der Waals surface area (Å²) < 4.78 is 10.8. The van der Waals surface area contributed by atoms with Crippen molar-refractivity contribution in [1.29, 1.82) is 0 Å². The fourth-order valence-corrected chi connectivity index (χ4v) is 2.49. The van der Waals surface area contributed by atoms with Crippen molar-refractivity contribution in [3.63, 3.8) is 0 Å². The smallest absolute Gasteiger partial charge is 0.306 e. The maximum Gasteiger partial charge on any atom is 0.306 e. The molecule has 0 aromatic rings. The average molecular weight is 328 g/mol. The molecule has 0 aliphatic carbocycles. The molecule has 23 heavy (non-hydrogen) atoms. The van der Waals surface area contributed by atoms with E-state index in [1.165, 1.54) is 0 Å². The van der Waals surface area contributed by atoms with Crippen LogP contribution in [-0.2, 0) is 19.1 Å². The van der Waals surface area contributed by atoms with E-state index in [0.29, 0.717) is 0 Å². The molecule has 4 nitrogen and oxygen atoms in total. The van der Waals surface area contributed by atoms with Gasteiger partial charge in [-0.25, -0.2) is 0 Å². The van der Waals surface area contributed by atoms with Crippen molar-refractivity contribution in [3.05, 3.63) is 0 Å². The minimum atomic E-state index is -0.299. The fraction of sp³-hybridized carbons (Fsp3) is 0.895. The SMILES string of the molecule is CCCCCC(C)OC(=O)CCC(=O)OC(CCC)CCCC. The number of hydrogen-bond acceptors (Lipinski definition) is 4. The topological polar surface area (TPSA) is 52.6 Å². The van der Waals surface area contributed by atoms with Crippen LogP contribution in [0.15, 0.2) is 0 Å². The van der Waals surface area contributed by atoms with E-state index < -0.39 is 0 Å². The quantitative estimate of drug-likeness (QED) is 0.325. The van der Waals surface area contributed by atoms with Crippen LogP contribution >= 0.6 is 0 Å². The Bertz CT molecular complexity index is 314. The van der Waals surface area contributed by atoms with Gasteiger partial charge in [0.05, 0.1) is 18.9 Å². The van der Waals surface area contributed by atoms with Gasteiger partial charge in [-0.3, -0.25) is 9.59 Å². The first-order valence-electron chi connectivity index (χ1n) is 9.42. The lowest BCUT2D eigenvalue weighted by Crippen LogP contribution is -2.20. The number of ether oxygens (including phenoxy) is 2. The van der Waals surface area contributed by atoms with Crippen LogP contribution in [-0.4, -0.2) is 24.1 Å². The van der Waals surface area contributed by atoms with E-state index in [2.05, 4.69) is 20.8 Å². The van der Waals surface area contributed by atoms with Crippen LogP contribution in [0.25, 0.3) is 0 Å². The molecule has 0 saturated heterocycles. The van der Waals surface area contributed by atoms with Gasteiger partial charge in [0.15, 0.2) is 0 Å². The molecule has 0 aromatic carbocycles. The third-order valence-corrected chi connectivity index (χ3v) is 3.87. The Balaban J connectivity index is 3.94. The first-order chi connectivity index (χ1) is 11.0. The zero-order valence-corrected chi connectivity index (χ0v) is 15.6. The van der Waals surface area contributed by atoms with E-state index in [1.54, 1.807) is 0 Å². The zero-order chi connectivity index (χ0) is 17.5. The summed E-state index contributed by atoms with van der Waals surface area (Å²) in [5.74, 6) is -0.582. The van der Waals surface area contributed by atoms with Crippen molar-refractivity contribution < 1.29 is 19.1 Å². The fourth-order valence-electron chi connectivity index (χ4n) is 2.49. The molecule has 2 unspecified atom stereocenters. The van der Waals surface area contributed by atoms with Gasteiger partial charge >= 0.3 is 11.9 Å². The minimum absolute atomic E-state index is 0.00330. The van der Waals surface area contributed by atoms with Crippen LogP contribution in [0.4, 0.5) is 0 Å². The number of unbranched alkanes of at least 4 members (excludes halogenated alkanes) is 3. The Labute approximate surface area is 142 Å². The molecule has 0 saturated carbocycles. The van der Waals surface area contributed by atoms with Crippen molar-refractivity contribution in [3.8, 4) is 0 Å². The highest BCUT2D eigenvalue weighted by molar-refractivity contribution is 5.77. The molecular weight excluding hydrogens is 292 g/mol. The van der Waals surface area contributed by atoms with Gasteiger partial charge < -0.3 is 9.47 Å². The van der Waals surface area contributed by atoms with Gasteiger partial charge in [0.1, 0.15) is 6.10 Å². The van der Waals surface area contributed by atoms with E-state index in [4.69, 9.17) is 9.47 Å². The van der Waals surface area contributed by atoms with Crippen LogP contribution in [0, 0.1) is 0 Å². The van der Waals surface area contributed by atoms with Crippen LogP contribution in [0.5, 0.6) is 0 Å². The van der Waals surface area contributed by atoms with Crippen molar-refractivity contribution >= 4 is 11.9 Å². The molecule has 0 N–H and O–H groups in total. The minimum Gasteiger partial charge on any atom is -0.463 e. The Morgan fingerprint density at radius 3 is 1.91 bits per heavy atom. The van der Waals surface area contributed by atoms with Crippen molar-refractivity contribution in [1.82, 2.24) is 0 Å². The van der Waals surface area contributed by atoms with E-state index in [9.17, 15) is 9.59 Å². The largest absolute Gasteiger partial charge is 0.463 e. The maximum absolute atomic E-state index is 11.9. The number of carbonyl (C=O) groups is 2. The van der Waals surface area contributed by atoms with Gasteiger partial charge in [0, 0.05) is 0 Å². The van der Waals surface area contributed by atoms with Gasteiger partial charge in [-0.05, 0) is 32.6 Å². The van der Waals surface area contributed by atoms with Crippen molar-refractivity contribution in [2.45, 2.75) is 111 Å². The third-order valence-electron chi connectivity index (χ3n) is 3.87. The number of carbonyl (C=O) groups excluding carboxylic acids is 2. The van der Waals surface area contributed by atoms with Crippen molar-refractivity contribution in [2.24, 2.45) is 0 Å². The van der Waals surface area contributed by atoms with Gasteiger partial charge in [0.2, 0.25) is 0 Å². The first kappa shape index (κ1) is 21.9. The molecule has 0 rings (SSSR count). The van der Waals surface area contributed by atoms with Gasteiger partial charge in [0.25, 0.3) is 0 Å². The highest BCUT2D eigenvalue weighted by Gasteiger charge is 2.16. The summed E-state index contributed by atoms with van der Waals surface area (Å²) in [5, 5.41) is 0. The molecule has 0 heterocycles. The van der Waals surface area contributed by atoms with E-state index in [-0.39, 0.29) is 37.0 Å². The molecule has 0 spiro atoms. The summed E-state index contributed by atoms with van der Waals surface area (Å²) in [6.07, 6.45) is 9.40. The van der Waals surface area contributed by atoms with Crippen LogP contribution in [0.1, 0.15) is 98.3 Å². The molecule has 0 radical (unpaired) electrons. The predicted octanol–water partition coefficient (Wildman–Crippen LogP) is 5.18. The molecule has 136 valence electrons. The molecule has 0 aromatic heterocycles. The molecule has 0 aliphatic heterocycles. The van der Waals surface area contributed by atoms with E-state index in [0.717, 1.165) is 57.8 Å². The number of esters is 2. The Morgan fingerprint density at radius 2 is 1.35 bits per heavy atom. The molecule has 0 bridgehead atoms. The summed E-state index contributed by atoms with van der Waals surface area (Å²) in [6, 6.07) is 0. The van der Waals surface area contributed by atoms with Crippen LogP contribution in [0.3, 0.4) is 0 Å². The highest BCUT2D eigenvalue weighted by Crippen LogP contribution is 2.13. The van der Waals surface area contributed by atoms with Crippen molar-refractivity contribution in [2.75, 3.05) is 0 Å². The Hall–Kier alpha value is -1.06. The summed E-state index contributed by atoms with van der Waals surface area (Å²) in [4.78, 5) is 23.6. The lowest BCUT2D eigenvalue weighted by Gasteiger charge is -2.17. The monoisotopic (exact) mass is 328 g/mol. The zero-order valence-electron chi connectivity index (χ0n) is 15.6. The standard InChI is InChI=1S/C19H36O4/c1-5-8-10-12-16(4)22-18(20)14-15-19(21)23-17(11-7-3)13-9-6-2/h16-17H,5-15H2,1-4H3. The number of hydrogen-bond donors (Lipinski definition) is 0. The van der Waals surface area contributed by atoms with E-state index >= 15 is 0 Å². The molecule has 0 amide bonds. The molecule has 2 atom stereocenters. The van der Waals surface area contributed by atoms with Gasteiger partial charge in [-0.1, -0.05) is 52.9 Å². The molecule has 4 heteroatoms. The summed E-state index contributed by atoms with van der Waals surface area (Å²) in [6.45, 7) is 8.27. The Kier molecular flexibility index (Phi) is 13.9. The van der Waals surface area contributed by atoms with Gasteiger partial charge in [-0.15, -0.1) is 0 Å². The molecule has 0 fully saturated rings. The lowest BCUT2D eigenvalue weighted by atomic mass is 10.1. The molecule has 0 aliphatic rings. The summed E-state index contributed by atoms with van der Waals surface area (Å²) >= 11 is 0. The third kappa shape index (κ3) is 13.1. The predicted molar refractivity (Wildman–Crippen MR) is 93.2 cm³/mol. The lowest BCUT2D eigenvalue weighted by molar-refractivity contribution is -0.156. The highest BCUT2D eigenvalue weighted by atomic mass is 16.5. The van der Waals surface area contributed by atoms with E-state index in [1.807, 2.05) is 6.92 Å². The second-order valence-electron chi connectivity index (χ2n) is 6.34. The average Bonchev–Trinajstić information content (AvgIpc) is 2.51. The first-order valence-corrected chi connectivity index (χ1v) is 9.42.